The van der Waals surface area contributed by atoms with Crippen molar-refractivity contribution in [3.05, 3.63) is 64.6 Å². The number of likely N-dealkylation sites (tertiary alicyclic amines) is 1. The molecular weight excluding hydrogens is 548 g/mol. The minimum absolute atomic E-state index is 0.00853. The average molecular weight is 569 g/mol. The molecule has 14 heteroatoms. The maximum absolute atomic E-state index is 14.6. The predicted octanol–water partition coefficient (Wildman–Crippen LogP) is 4.81. The van der Waals surface area contributed by atoms with E-state index in [4.69, 9.17) is 16.7 Å². The van der Waals surface area contributed by atoms with Crippen molar-refractivity contribution in [2.75, 3.05) is 18.4 Å². The van der Waals surface area contributed by atoms with Gasteiger partial charge in [-0.1, -0.05) is 11.6 Å². The fourth-order valence-electron chi connectivity index (χ4n) is 4.24. The first kappa shape index (κ1) is 27.9. The first-order valence-corrected chi connectivity index (χ1v) is 11.9. The number of carboxylic acid groups (broad SMARTS) is 1. The fraction of sp³-hybridized carbons (Fsp3) is 0.280. The summed E-state index contributed by atoms with van der Waals surface area (Å²) in [6.45, 7) is -2.79. The minimum atomic E-state index is -3.34. The molecule has 0 spiro atoms. The van der Waals surface area contributed by atoms with Crippen LogP contribution in [0.3, 0.4) is 0 Å². The third-order valence-corrected chi connectivity index (χ3v) is 6.63. The topological polar surface area (TPSA) is 114 Å². The summed E-state index contributed by atoms with van der Waals surface area (Å²) in [6.07, 6.45) is 1.79. The molecule has 39 heavy (non-hydrogen) atoms. The van der Waals surface area contributed by atoms with Gasteiger partial charge < -0.3 is 24.6 Å². The number of carbonyl (C=O) groups is 3. The predicted molar refractivity (Wildman–Crippen MR) is 131 cm³/mol. The lowest BCUT2D eigenvalue weighted by molar-refractivity contribution is -0.143. The molecule has 1 aliphatic rings. The maximum atomic E-state index is 14.6. The van der Waals surface area contributed by atoms with Gasteiger partial charge >= 0.3 is 12.6 Å². The number of aliphatic carboxylic acids is 1. The molecule has 1 fully saturated rings. The van der Waals surface area contributed by atoms with Crippen LogP contribution in [0.4, 0.5) is 23.2 Å². The van der Waals surface area contributed by atoms with E-state index in [9.17, 15) is 31.9 Å². The lowest BCUT2D eigenvalue weighted by Gasteiger charge is -2.30. The molecule has 2 aromatic carbocycles. The number of nitrogens with one attached hydrogen (secondary N) is 1. The van der Waals surface area contributed by atoms with Crippen molar-refractivity contribution in [2.24, 2.45) is 13.0 Å². The number of anilines is 1. The zero-order valence-electron chi connectivity index (χ0n) is 20.3. The van der Waals surface area contributed by atoms with Gasteiger partial charge in [0, 0.05) is 31.4 Å². The van der Waals surface area contributed by atoms with Crippen molar-refractivity contribution < 1.29 is 41.8 Å². The second-order valence-electron chi connectivity index (χ2n) is 8.70. The lowest BCUT2D eigenvalue weighted by Crippen LogP contribution is -2.40. The van der Waals surface area contributed by atoms with Crippen LogP contribution in [0.1, 0.15) is 33.8 Å². The van der Waals surface area contributed by atoms with E-state index >= 15 is 0 Å². The second-order valence-corrected chi connectivity index (χ2v) is 9.10. The van der Waals surface area contributed by atoms with Crippen LogP contribution in [0.5, 0.6) is 5.75 Å². The Balaban J connectivity index is 1.48. The molecule has 1 aliphatic heterocycles. The fourth-order valence-corrected chi connectivity index (χ4v) is 4.50. The van der Waals surface area contributed by atoms with Crippen LogP contribution in [0, 0.1) is 17.6 Å². The number of carboxylic acids is 1. The van der Waals surface area contributed by atoms with Crippen LogP contribution in [0.25, 0.3) is 11.3 Å². The quantitative estimate of drug-likeness (QED) is 0.396. The number of rotatable bonds is 7. The van der Waals surface area contributed by atoms with Crippen molar-refractivity contribution in [3.8, 4) is 17.0 Å². The summed E-state index contributed by atoms with van der Waals surface area (Å²) in [5.41, 5.74) is 0.0631. The SMILES string of the molecule is Cn1c(-c2ccc(OC(F)F)c(F)c2F)cnc1C(=O)Nc1ccc(C(=O)N2CCC(C(=O)O)CC2)c(Cl)c1. The molecule has 0 aliphatic carbocycles. The van der Waals surface area contributed by atoms with Gasteiger partial charge in [-0.25, -0.2) is 9.37 Å². The Bertz CT molecular complexity index is 1440. The molecule has 3 aromatic rings. The zero-order valence-corrected chi connectivity index (χ0v) is 21.0. The van der Waals surface area contributed by atoms with Gasteiger partial charge in [0.05, 0.1) is 28.4 Å². The van der Waals surface area contributed by atoms with Crippen molar-refractivity contribution >= 4 is 35.1 Å². The van der Waals surface area contributed by atoms with Gasteiger partial charge in [-0.2, -0.15) is 13.2 Å². The van der Waals surface area contributed by atoms with Crippen molar-refractivity contribution in [1.29, 1.82) is 0 Å². The first-order valence-electron chi connectivity index (χ1n) is 11.6. The zero-order chi connectivity index (χ0) is 28.4. The van der Waals surface area contributed by atoms with Gasteiger partial charge in [0.25, 0.3) is 11.8 Å². The van der Waals surface area contributed by atoms with Gasteiger partial charge in [-0.15, -0.1) is 0 Å². The van der Waals surface area contributed by atoms with Gasteiger partial charge in [0.1, 0.15) is 0 Å². The lowest BCUT2D eigenvalue weighted by atomic mass is 9.96. The van der Waals surface area contributed by atoms with Crippen molar-refractivity contribution in [2.45, 2.75) is 19.5 Å². The van der Waals surface area contributed by atoms with Crippen molar-refractivity contribution in [1.82, 2.24) is 14.5 Å². The summed E-state index contributed by atoms with van der Waals surface area (Å²) < 4.78 is 58.6. The Morgan fingerprint density at radius 1 is 1.13 bits per heavy atom. The van der Waals surface area contributed by atoms with E-state index in [1.54, 1.807) is 0 Å². The van der Waals surface area contributed by atoms with Crippen LogP contribution in [-0.2, 0) is 11.8 Å². The summed E-state index contributed by atoms with van der Waals surface area (Å²) in [5, 5.41) is 11.7. The Labute approximate surface area is 223 Å². The largest absolute Gasteiger partial charge is 0.481 e. The highest BCUT2D eigenvalue weighted by molar-refractivity contribution is 6.34. The maximum Gasteiger partial charge on any atom is 0.387 e. The monoisotopic (exact) mass is 568 g/mol. The number of hydrogen-bond donors (Lipinski definition) is 2. The molecule has 0 saturated carbocycles. The van der Waals surface area contributed by atoms with E-state index in [0.717, 1.165) is 18.3 Å². The highest BCUT2D eigenvalue weighted by atomic mass is 35.5. The molecule has 2 heterocycles. The Hall–Kier alpha value is -4.13. The van der Waals surface area contributed by atoms with Crippen molar-refractivity contribution in [3.63, 3.8) is 0 Å². The van der Waals surface area contributed by atoms with Crippen LogP contribution < -0.4 is 10.1 Å². The number of hydrogen-bond acceptors (Lipinski definition) is 5. The molecule has 206 valence electrons. The van der Waals surface area contributed by atoms with E-state index in [1.807, 2.05) is 0 Å². The number of ether oxygens (including phenoxy) is 1. The van der Waals surface area contributed by atoms with E-state index in [2.05, 4.69) is 15.0 Å². The molecule has 0 atom stereocenters. The number of aromatic nitrogens is 2. The Morgan fingerprint density at radius 2 is 1.82 bits per heavy atom. The Morgan fingerprint density at radius 3 is 2.44 bits per heavy atom. The number of benzene rings is 2. The van der Waals surface area contributed by atoms with Gasteiger partial charge in [0.2, 0.25) is 5.82 Å². The number of halogens is 5. The van der Waals surface area contributed by atoms with Crippen LogP contribution in [0.2, 0.25) is 5.02 Å². The number of amides is 2. The smallest absolute Gasteiger partial charge is 0.387 e. The third-order valence-electron chi connectivity index (χ3n) is 6.32. The molecule has 2 amide bonds. The third kappa shape index (κ3) is 5.82. The van der Waals surface area contributed by atoms with Crippen LogP contribution in [0.15, 0.2) is 36.5 Å². The highest BCUT2D eigenvalue weighted by Crippen LogP contribution is 2.31. The number of piperidine rings is 1. The number of alkyl halides is 2. The number of nitrogens with zero attached hydrogens (tertiary/aromatic N) is 3. The molecule has 0 unspecified atom stereocenters. The van der Waals surface area contributed by atoms with Crippen LogP contribution >= 0.6 is 11.6 Å². The molecule has 0 radical (unpaired) electrons. The van der Waals surface area contributed by atoms with E-state index < -0.39 is 41.8 Å². The Kier molecular flexibility index (Phi) is 8.09. The van der Waals surface area contributed by atoms with E-state index in [1.165, 1.54) is 34.7 Å². The summed E-state index contributed by atoms with van der Waals surface area (Å²) >= 11 is 6.30. The van der Waals surface area contributed by atoms with E-state index in [-0.39, 0.29) is 52.4 Å². The molecule has 1 aromatic heterocycles. The standard InChI is InChI=1S/C25H21ClF4N4O5/c1-33-17(15-4-5-18(39-25(29)30)20(28)19(15)27)11-31-21(33)22(35)32-13-2-3-14(16(26)10-13)23(36)34-8-6-12(7-9-34)24(37)38/h2-5,10-12,25H,6-9H2,1H3,(H,32,35)(H,37,38). The highest BCUT2D eigenvalue weighted by Gasteiger charge is 2.28. The average Bonchev–Trinajstić information content (AvgIpc) is 3.27. The number of carbonyl (C=O) groups excluding carboxylic acids is 2. The number of imidazole rings is 1. The second kappa shape index (κ2) is 11.3. The summed E-state index contributed by atoms with van der Waals surface area (Å²) in [4.78, 5) is 42.3. The normalized spacial score (nSPS) is 14.0. The summed E-state index contributed by atoms with van der Waals surface area (Å²) in [6, 6.07) is 6.09. The molecular formula is C25H21ClF4N4O5. The molecule has 0 bridgehead atoms. The van der Waals surface area contributed by atoms with Gasteiger partial charge in [-0.3, -0.25) is 14.4 Å². The molecule has 1 saturated heterocycles. The molecule has 2 N–H and O–H groups in total. The van der Waals surface area contributed by atoms with Gasteiger partial charge in [0.15, 0.2) is 17.4 Å². The summed E-state index contributed by atoms with van der Waals surface area (Å²) in [7, 11) is 1.38. The summed E-state index contributed by atoms with van der Waals surface area (Å²) in [5.74, 6) is -6.70. The molecule has 4 rings (SSSR count). The molecule has 9 nitrogen and oxygen atoms in total. The van der Waals surface area contributed by atoms with Crippen LogP contribution in [-0.4, -0.2) is 57.0 Å². The van der Waals surface area contributed by atoms with E-state index in [0.29, 0.717) is 12.8 Å². The van der Waals surface area contributed by atoms with Gasteiger partial charge in [-0.05, 0) is 43.2 Å². The first-order chi connectivity index (χ1) is 18.5. The minimum Gasteiger partial charge on any atom is -0.481 e.